The predicted octanol–water partition coefficient (Wildman–Crippen LogP) is 4.06. The Balaban J connectivity index is 1.40. The number of fused-ring (bicyclic) bond motifs is 2. The Bertz CT molecular complexity index is 1690. The SMILES string of the molecule is C[C@H](c1cccnc1N)N(CC(F)F)c1nc(OC[C@@H]2C[C@@H](F)CN2C)nc(N2CC3(C2)SCc2sc(N)c(C#N)c23)c1C#N. The van der Waals surface area contributed by atoms with Crippen LogP contribution < -0.4 is 26.0 Å². The Hall–Kier alpha value is -3.99. The normalized spacial score (nSPS) is 20.9. The summed E-state index contributed by atoms with van der Waals surface area (Å²) < 4.78 is 47.9. The smallest absolute Gasteiger partial charge is 0.320 e. The summed E-state index contributed by atoms with van der Waals surface area (Å²) in [5.74, 6) is 1.08. The number of nitrogens with zero attached hydrogens (tertiary/aromatic N) is 8. The molecule has 4 N–H and O–H groups in total. The van der Waals surface area contributed by atoms with Crippen LogP contribution >= 0.6 is 23.1 Å². The van der Waals surface area contributed by atoms with Crippen molar-refractivity contribution in [3.8, 4) is 18.1 Å². The first kappa shape index (κ1) is 31.0. The van der Waals surface area contributed by atoms with Crippen LogP contribution in [0.25, 0.3) is 0 Å². The summed E-state index contributed by atoms with van der Waals surface area (Å²) in [6, 6.07) is 6.66. The standard InChI is InChI=1S/C29H31F3N10OS2/c1-15(18-4-3-5-37-24(18)35)42(10-22(31)32)27-20(8-34)26(38-28(39-27)43-11-17-6-16(30)9-40(17)2)41-13-29(14-41)23-19(7-33)25(36)45-21(23)12-44-29/h3-5,15-17,22H,6,9-14,36H2,1-2H3,(H2,35,37)/t15-,16-,17+/m1/s1. The number of alkyl halides is 3. The summed E-state index contributed by atoms with van der Waals surface area (Å²) >= 11 is 3.12. The molecule has 45 heavy (non-hydrogen) atoms. The van der Waals surface area contributed by atoms with Crippen molar-refractivity contribution in [1.82, 2.24) is 19.9 Å². The monoisotopic (exact) mass is 656 g/mol. The van der Waals surface area contributed by atoms with Crippen LogP contribution in [-0.2, 0) is 10.5 Å². The van der Waals surface area contributed by atoms with Gasteiger partial charge in [0.15, 0.2) is 11.6 Å². The lowest BCUT2D eigenvalue weighted by atomic mass is 9.88. The molecule has 1 spiro atoms. The zero-order valence-corrected chi connectivity index (χ0v) is 26.2. The van der Waals surface area contributed by atoms with Gasteiger partial charge in [-0.25, -0.2) is 18.2 Å². The number of hydrogen-bond acceptors (Lipinski definition) is 13. The zero-order valence-electron chi connectivity index (χ0n) is 24.6. The quantitative estimate of drug-likeness (QED) is 0.341. The third kappa shape index (κ3) is 5.55. The van der Waals surface area contributed by atoms with Gasteiger partial charge in [0.05, 0.1) is 22.9 Å². The van der Waals surface area contributed by atoms with Crippen molar-refractivity contribution in [3.63, 3.8) is 0 Å². The van der Waals surface area contributed by atoms with E-state index in [1.165, 1.54) is 22.4 Å². The van der Waals surface area contributed by atoms with Gasteiger partial charge in [-0.15, -0.1) is 23.1 Å². The molecule has 0 bridgehead atoms. The molecule has 3 aromatic heterocycles. The number of nitriles is 2. The van der Waals surface area contributed by atoms with Crippen LogP contribution in [0.4, 0.5) is 35.6 Å². The zero-order chi connectivity index (χ0) is 32.0. The fourth-order valence-corrected chi connectivity index (χ4v) is 9.17. The summed E-state index contributed by atoms with van der Waals surface area (Å²) in [5.41, 5.74) is 14.2. The topological polar surface area (TPSA) is 157 Å². The summed E-state index contributed by atoms with van der Waals surface area (Å²) in [6.07, 6.45) is -1.98. The third-order valence-corrected chi connectivity index (χ3v) is 11.3. The molecule has 2 fully saturated rings. The Labute approximate surface area is 266 Å². The number of nitrogen functional groups attached to an aromatic ring is 2. The number of rotatable bonds is 9. The molecule has 6 heterocycles. The second kappa shape index (κ2) is 12.1. The lowest BCUT2D eigenvalue weighted by Gasteiger charge is -2.49. The van der Waals surface area contributed by atoms with E-state index in [0.29, 0.717) is 35.0 Å². The fourth-order valence-electron chi connectivity index (χ4n) is 6.36. The molecule has 11 nitrogen and oxygen atoms in total. The van der Waals surface area contributed by atoms with E-state index in [4.69, 9.17) is 16.2 Å². The fraction of sp³-hybridized carbons (Fsp3) is 0.483. The number of hydrogen-bond donors (Lipinski definition) is 2. The average Bonchev–Trinajstić information content (AvgIpc) is 3.63. The number of likely N-dealkylation sites (N-methyl/N-ethyl adjacent to an activating group) is 1. The van der Waals surface area contributed by atoms with Crippen molar-refractivity contribution in [2.45, 2.75) is 48.5 Å². The minimum absolute atomic E-state index is 0.00234. The number of thioether (sulfide) groups is 1. The van der Waals surface area contributed by atoms with Gasteiger partial charge in [0.2, 0.25) is 0 Å². The molecule has 236 valence electrons. The highest BCUT2D eigenvalue weighted by atomic mass is 32.2. The minimum Gasteiger partial charge on any atom is -0.462 e. The molecule has 0 radical (unpaired) electrons. The van der Waals surface area contributed by atoms with Gasteiger partial charge < -0.3 is 26.0 Å². The Kier molecular flexibility index (Phi) is 8.32. The summed E-state index contributed by atoms with van der Waals surface area (Å²) in [5, 5.41) is 20.7. The highest BCUT2D eigenvalue weighted by Gasteiger charge is 2.53. The average molecular weight is 657 g/mol. The lowest BCUT2D eigenvalue weighted by molar-refractivity contribution is 0.151. The van der Waals surface area contributed by atoms with E-state index >= 15 is 0 Å². The number of nitrogens with two attached hydrogens (primary N) is 2. The molecule has 3 aliphatic heterocycles. The molecule has 2 saturated heterocycles. The van der Waals surface area contributed by atoms with Crippen molar-refractivity contribution in [2.24, 2.45) is 0 Å². The molecular weight excluding hydrogens is 626 g/mol. The molecule has 0 aromatic carbocycles. The van der Waals surface area contributed by atoms with Gasteiger partial charge >= 0.3 is 6.01 Å². The van der Waals surface area contributed by atoms with Crippen molar-refractivity contribution in [1.29, 1.82) is 10.5 Å². The second-order valence-electron chi connectivity index (χ2n) is 11.5. The summed E-state index contributed by atoms with van der Waals surface area (Å²) in [6.45, 7) is 2.11. The van der Waals surface area contributed by atoms with E-state index in [-0.39, 0.29) is 54.6 Å². The first-order chi connectivity index (χ1) is 21.5. The van der Waals surface area contributed by atoms with E-state index in [1.807, 2.05) is 9.80 Å². The van der Waals surface area contributed by atoms with Gasteiger partial charge in [-0.05, 0) is 26.5 Å². The summed E-state index contributed by atoms with van der Waals surface area (Å²) in [4.78, 5) is 19.3. The summed E-state index contributed by atoms with van der Waals surface area (Å²) in [7, 11) is 1.80. The Morgan fingerprint density at radius 1 is 1.22 bits per heavy atom. The number of halogens is 3. The van der Waals surface area contributed by atoms with Crippen molar-refractivity contribution in [3.05, 3.63) is 45.5 Å². The van der Waals surface area contributed by atoms with Crippen LogP contribution in [0, 0.1) is 22.7 Å². The number of anilines is 4. The Morgan fingerprint density at radius 2 is 1.98 bits per heavy atom. The van der Waals surface area contributed by atoms with Gasteiger partial charge in [-0.2, -0.15) is 20.5 Å². The van der Waals surface area contributed by atoms with Crippen LogP contribution in [0.1, 0.15) is 46.5 Å². The highest BCUT2D eigenvalue weighted by molar-refractivity contribution is 8.00. The van der Waals surface area contributed by atoms with Crippen LogP contribution in [0.2, 0.25) is 0 Å². The van der Waals surface area contributed by atoms with Gasteiger partial charge in [0.1, 0.15) is 41.3 Å². The molecule has 16 heteroatoms. The Morgan fingerprint density at radius 3 is 2.62 bits per heavy atom. The van der Waals surface area contributed by atoms with E-state index < -0.39 is 29.9 Å². The van der Waals surface area contributed by atoms with Gasteiger partial charge in [0.25, 0.3) is 6.43 Å². The van der Waals surface area contributed by atoms with E-state index in [9.17, 15) is 23.7 Å². The lowest BCUT2D eigenvalue weighted by Crippen LogP contribution is -2.57. The van der Waals surface area contributed by atoms with Gasteiger partial charge in [-0.3, -0.25) is 4.90 Å². The molecule has 0 amide bonds. The van der Waals surface area contributed by atoms with Gasteiger partial charge in [-0.1, -0.05) is 6.07 Å². The van der Waals surface area contributed by atoms with Gasteiger partial charge in [0, 0.05) is 53.6 Å². The van der Waals surface area contributed by atoms with Crippen LogP contribution in [0.15, 0.2) is 18.3 Å². The van der Waals surface area contributed by atoms with Crippen LogP contribution in [0.3, 0.4) is 0 Å². The van der Waals surface area contributed by atoms with Crippen molar-refractivity contribution in [2.75, 3.05) is 61.1 Å². The molecule has 0 saturated carbocycles. The number of thiophene rings is 1. The maximum Gasteiger partial charge on any atom is 0.320 e. The van der Waals surface area contributed by atoms with E-state index in [1.54, 1.807) is 37.9 Å². The predicted molar refractivity (Wildman–Crippen MR) is 167 cm³/mol. The maximum absolute atomic E-state index is 14.1. The van der Waals surface area contributed by atoms with E-state index in [2.05, 4.69) is 27.1 Å². The largest absolute Gasteiger partial charge is 0.462 e. The molecule has 0 aliphatic carbocycles. The minimum atomic E-state index is -2.78. The van der Waals surface area contributed by atoms with Crippen LogP contribution in [0.5, 0.6) is 6.01 Å². The van der Waals surface area contributed by atoms with Crippen molar-refractivity contribution >= 4 is 45.6 Å². The first-order valence-electron chi connectivity index (χ1n) is 14.3. The first-order valence-corrected chi connectivity index (χ1v) is 16.1. The second-order valence-corrected chi connectivity index (χ2v) is 14.0. The number of ether oxygens (including phenoxy) is 1. The molecule has 3 aromatic rings. The van der Waals surface area contributed by atoms with E-state index in [0.717, 1.165) is 10.4 Å². The van der Waals surface area contributed by atoms with Crippen LogP contribution in [-0.4, -0.2) is 78.3 Å². The number of pyridine rings is 1. The molecule has 3 aliphatic rings. The number of aromatic nitrogens is 3. The highest BCUT2D eigenvalue weighted by Crippen LogP contribution is 2.58. The third-order valence-electron chi connectivity index (χ3n) is 8.65. The molecule has 0 unspecified atom stereocenters. The number of likely N-dealkylation sites (tertiary alicyclic amines) is 1. The molecular formula is C29H31F3N10OS2. The maximum atomic E-state index is 14.1. The molecule has 6 rings (SSSR count). The van der Waals surface area contributed by atoms with Crippen molar-refractivity contribution < 1.29 is 17.9 Å². The molecule has 3 atom stereocenters.